The molecule has 0 saturated carbocycles. The van der Waals surface area contributed by atoms with Crippen molar-refractivity contribution in [3.63, 3.8) is 0 Å². The molecule has 138 valence electrons. The maximum Gasteiger partial charge on any atom is 0.258 e. The number of hydrogen-bond acceptors (Lipinski definition) is 6. The highest BCUT2D eigenvalue weighted by Gasteiger charge is 2.29. The van der Waals surface area contributed by atoms with Crippen LogP contribution >= 0.6 is 0 Å². The number of methoxy groups -OCH3 is 1. The smallest absolute Gasteiger partial charge is 0.258 e. The van der Waals surface area contributed by atoms with Gasteiger partial charge in [0.25, 0.3) is 11.8 Å². The zero-order chi connectivity index (χ0) is 18.6. The van der Waals surface area contributed by atoms with Crippen molar-refractivity contribution >= 4 is 5.91 Å². The molecule has 1 aliphatic rings. The number of ether oxygens (including phenoxy) is 2. The van der Waals surface area contributed by atoms with E-state index in [0.717, 1.165) is 5.56 Å². The first-order valence-corrected chi connectivity index (χ1v) is 8.68. The lowest BCUT2D eigenvalue weighted by atomic mass is 10.1. The monoisotopic (exact) mass is 365 g/mol. The van der Waals surface area contributed by atoms with Crippen LogP contribution in [0.5, 0.6) is 5.75 Å². The van der Waals surface area contributed by atoms with Crippen LogP contribution in [-0.2, 0) is 4.74 Å². The van der Waals surface area contributed by atoms with Crippen molar-refractivity contribution in [2.24, 2.45) is 0 Å². The number of carbonyl (C=O) groups excluding carboxylic acids is 1. The fourth-order valence-electron chi connectivity index (χ4n) is 2.97. The van der Waals surface area contributed by atoms with Crippen molar-refractivity contribution in [2.75, 3.05) is 26.8 Å². The third-order valence-electron chi connectivity index (χ3n) is 4.44. The van der Waals surface area contributed by atoms with Gasteiger partial charge in [-0.05, 0) is 36.4 Å². The van der Waals surface area contributed by atoms with Gasteiger partial charge < -0.3 is 18.9 Å². The molecule has 0 bridgehead atoms. The largest absolute Gasteiger partial charge is 0.497 e. The van der Waals surface area contributed by atoms with E-state index in [0.29, 0.717) is 42.7 Å². The maximum absolute atomic E-state index is 12.8. The first-order valence-electron chi connectivity index (χ1n) is 8.68. The highest BCUT2D eigenvalue weighted by atomic mass is 16.5. The van der Waals surface area contributed by atoms with Crippen LogP contribution in [0, 0.1) is 0 Å². The van der Waals surface area contributed by atoms with Gasteiger partial charge in [0, 0.05) is 17.7 Å². The lowest BCUT2D eigenvalue weighted by Gasteiger charge is -2.31. The molecule has 7 nitrogen and oxygen atoms in total. The Morgan fingerprint density at radius 1 is 1.15 bits per heavy atom. The Kier molecular flexibility index (Phi) is 4.84. The number of nitrogens with zero attached hydrogens (tertiary/aromatic N) is 3. The van der Waals surface area contributed by atoms with E-state index in [1.807, 2.05) is 30.3 Å². The molecular weight excluding hydrogens is 346 g/mol. The summed E-state index contributed by atoms with van der Waals surface area (Å²) in [6.45, 7) is 1.31. The third-order valence-corrected chi connectivity index (χ3v) is 4.44. The molecule has 3 aromatic rings. The Balaban J connectivity index is 1.48. The molecule has 27 heavy (non-hydrogen) atoms. The lowest BCUT2D eigenvalue weighted by molar-refractivity contribution is -0.0276. The number of aromatic nitrogens is 2. The van der Waals surface area contributed by atoms with E-state index < -0.39 is 6.10 Å². The van der Waals surface area contributed by atoms with Crippen LogP contribution in [0.2, 0.25) is 0 Å². The number of morpholine rings is 1. The number of carbonyl (C=O) groups is 1. The zero-order valence-electron chi connectivity index (χ0n) is 14.9. The highest BCUT2D eigenvalue weighted by Crippen LogP contribution is 2.24. The average molecular weight is 365 g/mol. The molecule has 0 aliphatic carbocycles. The molecule has 0 spiro atoms. The van der Waals surface area contributed by atoms with Crippen molar-refractivity contribution in [2.45, 2.75) is 6.10 Å². The lowest BCUT2D eigenvalue weighted by Crippen LogP contribution is -2.42. The van der Waals surface area contributed by atoms with Gasteiger partial charge >= 0.3 is 0 Å². The van der Waals surface area contributed by atoms with Gasteiger partial charge in [-0.2, -0.15) is 4.98 Å². The minimum absolute atomic E-state index is 0.0577. The molecule has 7 heteroatoms. The molecule has 1 fully saturated rings. The second kappa shape index (κ2) is 7.59. The summed E-state index contributed by atoms with van der Waals surface area (Å²) in [5, 5.41) is 4.04. The van der Waals surface area contributed by atoms with E-state index >= 15 is 0 Å². The highest BCUT2D eigenvalue weighted by molar-refractivity contribution is 5.94. The van der Waals surface area contributed by atoms with Crippen molar-refractivity contribution in [1.29, 1.82) is 0 Å². The van der Waals surface area contributed by atoms with Crippen LogP contribution < -0.4 is 4.74 Å². The SMILES string of the molecule is COc1ccc(C(=O)N2CCO[C@@H](c3noc(-c4ccccc4)n3)C2)cc1. The number of hydrogen-bond donors (Lipinski definition) is 0. The van der Waals surface area contributed by atoms with E-state index in [9.17, 15) is 4.79 Å². The second-order valence-electron chi connectivity index (χ2n) is 6.16. The topological polar surface area (TPSA) is 77.7 Å². The molecule has 0 N–H and O–H groups in total. The predicted molar refractivity (Wildman–Crippen MR) is 97.3 cm³/mol. The van der Waals surface area contributed by atoms with Crippen molar-refractivity contribution in [3.8, 4) is 17.2 Å². The van der Waals surface area contributed by atoms with Gasteiger partial charge in [-0.15, -0.1) is 0 Å². The summed E-state index contributed by atoms with van der Waals surface area (Å²) in [7, 11) is 1.60. The number of benzene rings is 2. The molecule has 1 aromatic heterocycles. The van der Waals surface area contributed by atoms with Gasteiger partial charge in [0.05, 0.1) is 20.3 Å². The Morgan fingerprint density at radius 2 is 1.93 bits per heavy atom. The summed E-state index contributed by atoms with van der Waals surface area (Å²) in [6, 6.07) is 16.6. The first-order chi connectivity index (χ1) is 13.2. The Hall–Kier alpha value is -3.19. The third kappa shape index (κ3) is 3.68. The predicted octanol–water partition coefficient (Wildman–Crippen LogP) is 2.96. The van der Waals surface area contributed by atoms with Crippen molar-refractivity contribution in [1.82, 2.24) is 15.0 Å². The maximum atomic E-state index is 12.8. The first kappa shape index (κ1) is 17.2. The molecule has 1 saturated heterocycles. The van der Waals surface area contributed by atoms with Crippen LogP contribution in [0.15, 0.2) is 59.1 Å². The minimum atomic E-state index is -0.415. The van der Waals surface area contributed by atoms with Gasteiger partial charge in [-0.3, -0.25) is 4.79 Å². The number of rotatable bonds is 4. The van der Waals surface area contributed by atoms with Gasteiger partial charge in [0.1, 0.15) is 11.9 Å². The summed E-state index contributed by atoms with van der Waals surface area (Å²) < 4.78 is 16.3. The van der Waals surface area contributed by atoms with Gasteiger partial charge in [0.15, 0.2) is 0 Å². The van der Waals surface area contributed by atoms with Crippen LogP contribution in [0.3, 0.4) is 0 Å². The summed E-state index contributed by atoms with van der Waals surface area (Å²) in [6.07, 6.45) is -0.415. The van der Waals surface area contributed by atoms with Gasteiger partial charge in [-0.1, -0.05) is 23.4 Å². The minimum Gasteiger partial charge on any atom is -0.497 e. The molecule has 1 atom stereocenters. The fourth-order valence-corrected chi connectivity index (χ4v) is 2.97. The van der Waals surface area contributed by atoms with E-state index in [4.69, 9.17) is 14.0 Å². The van der Waals surface area contributed by atoms with E-state index in [-0.39, 0.29) is 5.91 Å². The summed E-state index contributed by atoms with van der Waals surface area (Å²) in [5.74, 6) is 1.54. The van der Waals surface area contributed by atoms with E-state index in [2.05, 4.69) is 10.1 Å². The number of amides is 1. The summed E-state index contributed by atoms with van der Waals surface area (Å²) in [4.78, 5) is 18.9. The molecule has 4 rings (SSSR count). The van der Waals surface area contributed by atoms with Gasteiger partial charge in [0.2, 0.25) is 5.82 Å². The Labute approximate surface area is 156 Å². The van der Waals surface area contributed by atoms with Crippen LogP contribution in [0.1, 0.15) is 22.3 Å². The molecule has 2 heterocycles. The van der Waals surface area contributed by atoms with Crippen molar-refractivity contribution < 1.29 is 18.8 Å². The van der Waals surface area contributed by atoms with Crippen LogP contribution in [0.4, 0.5) is 0 Å². The normalized spacial score (nSPS) is 16.9. The second-order valence-corrected chi connectivity index (χ2v) is 6.16. The molecule has 1 amide bonds. The van der Waals surface area contributed by atoms with E-state index in [1.165, 1.54) is 0 Å². The standard InChI is InChI=1S/C20H19N3O4/c1-25-16-9-7-15(8-10-16)20(24)23-11-12-26-17(13-23)18-21-19(27-22-18)14-5-3-2-4-6-14/h2-10,17H,11-13H2,1H3/t17-/m1/s1. The Morgan fingerprint density at radius 3 is 2.67 bits per heavy atom. The zero-order valence-corrected chi connectivity index (χ0v) is 14.9. The summed E-state index contributed by atoms with van der Waals surface area (Å²) >= 11 is 0. The Bertz CT molecular complexity index is 908. The van der Waals surface area contributed by atoms with E-state index in [1.54, 1.807) is 36.3 Å². The van der Waals surface area contributed by atoms with Crippen LogP contribution in [0.25, 0.3) is 11.5 Å². The molecule has 1 aliphatic heterocycles. The molecule has 2 aromatic carbocycles. The average Bonchev–Trinajstić information content (AvgIpc) is 3.24. The summed E-state index contributed by atoms with van der Waals surface area (Å²) in [5.41, 5.74) is 1.45. The fraction of sp³-hybridized carbons (Fsp3) is 0.250. The molecular formula is C20H19N3O4. The molecule has 0 unspecified atom stereocenters. The quantitative estimate of drug-likeness (QED) is 0.707. The van der Waals surface area contributed by atoms with Gasteiger partial charge in [-0.25, -0.2) is 0 Å². The van der Waals surface area contributed by atoms with Crippen LogP contribution in [-0.4, -0.2) is 47.8 Å². The van der Waals surface area contributed by atoms with Crippen molar-refractivity contribution in [3.05, 3.63) is 66.0 Å². The molecule has 0 radical (unpaired) electrons.